The molecule has 0 spiro atoms. The van der Waals surface area contributed by atoms with Crippen molar-refractivity contribution in [3.63, 3.8) is 0 Å². The molecule has 0 radical (unpaired) electrons. The Kier molecular flexibility index (Phi) is 4.80. The Morgan fingerprint density at radius 3 is 2.94 bits per heavy atom. The zero-order valence-corrected chi connectivity index (χ0v) is 10.6. The maximum absolute atomic E-state index is 5.77. The van der Waals surface area contributed by atoms with Gasteiger partial charge in [0.05, 0.1) is 12.3 Å². The third kappa shape index (κ3) is 4.00. The first-order valence-electron chi connectivity index (χ1n) is 6.59. The second-order valence-corrected chi connectivity index (χ2v) is 4.81. The van der Waals surface area contributed by atoms with E-state index in [2.05, 4.69) is 10.3 Å². The SMILES string of the molecule is CNc1ccnc(COCC2CCCCC2)c1. The van der Waals surface area contributed by atoms with Gasteiger partial charge in [0.1, 0.15) is 0 Å². The van der Waals surface area contributed by atoms with Crippen LogP contribution < -0.4 is 5.32 Å². The predicted molar refractivity (Wildman–Crippen MR) is 70.0 cm³/mol. The van der Waals surface area contributed by atoms with Crippen molar-refractivity contribution in [2.75, 3.05) is 19.0 Å². The van der Waals surface area contributed by atoms with Gasteiger partial charge in [-0.25, -0.2) is 0 Å². The van der Waals surface area contributed by atoms with Crippen molar-refractivity contribution in [3.05, 3.63) is 24.0 Å². The highest BCUT2D eigenvalue weighted by Crippen LogP contribution is 2.23. The molecular weight excluding hydrogens is 212 g/mol. The van der Waals surface area contributed by atoms with Crippen LogP contribution in [0.2, 0.25) is 0 Å². The topological polar surface area (TPSA) is 34.2 Å². The molecule has 1 N–H and O–H groups in total. The Morgan fingerprint density at radius 2 is 2.18 bits per heavy atom. The van der Waals surface area contributed by atoms with Crippen LogP contribution in [-0.4, -0.2) is 18.6 Å². The Morgan fingerprint density at radius 1 is 1.35 bits per heavy atom. The lowest BCUT2D eigenvalue weighted by Gasteiger charge is -2.21. The zero-order chi connectivity index (χ0) is 11.9. The number of aromatic nitrogens is 1. The number of rotatable bonds is 5. The number of hydrogen-bond acceptors (Lipinski definition) is 3. The minimum absolute atomic E-state index is 0.631. The number of nitrogens with zero attached hydrogens (tertiary/aromatic N) is 1. The van der Waals surface area contributed by atoms with Gasteiger partial charge in [-0.15, -0.1) is 0 Å². The number of hydrogen-bond donors (Lipinski definition) is 1. The molecular formula is C14H22N2O. The van der Waals surface area contributed by atoms with Crippen molar-refractivity contribution in [2.45, 2.75) is 38.7 Å². The summed E-state index contributed by atoms with van der Waals surface area (Å²) in [6, 6.07) is 4.01. The van der Waals surface area contributed by atoms with E-state index in [4.69, 9.17) is 4.74 Å². The lowest BCUT2D eigenvalue weighted by molar-refractivity contribution is 0.0721. The van der Waals surface area contributed by atoms with Crippen molar-refractivity contribution >= 4 is 5.69 Å². The van der Waals surface area contributed by atoms with Crippen molar-refractivity contribution in [1.82, 2.24) is 4.98 Å². The summed E-state index contributed by atoms with van der Waals surface area (Å²) in [5, 5.41) is 3.11. The summed E-state index contributed by atoms with van der Waals surface area (Å²) >= 11 is 0. The van der Waals surface area contributed by atoms with Gasteiger partial charge in [0, 0.05) is 25.5 Å². The third-order valence-electron chi connectivity index (χ3n) is 3.43. The molecule has 0 unspecified atom stereocenters. The van der Waals surface area contributed by atoms with Crippen LogP contribution in [0, 0.1) is 5.92 Å². The minimum atomic E-state index is 0.631. The summed E-state index contributed by atoms with van der Waals surface area (Å²) in [4.78, 5) is 4.30. The number of nitrogens with one attached hydrogen (secondary N) is 1. The van der Waals surface area contributed by atoms with E-state index >= 15 is 0 Å². The van der Waals surface area contributed by atoms with Crippen molar-refractivity contribution < 1.29 is 4.74 Å². The molecule has 1 aliphatic rings. The summed E-state index contributed by atoms with van der Waals surface area (Å²) in [6.07, 6.45) is 8.66. The van der Waals surface area contributed by atoms with E-state index in [9.17, 15) is 0 Å². The molecule has 0 bridgehead atoms. The minimum Gasteiger partial charge on any atom is -0.388 e. The van der Waals surface area contributed by atoms with Gasteiger partial charge in [-0.3, -0.25) is 4.98 Å². The molecule has 3 nitrogen and oxygen atoms in total. The molecule has 1 aromatic heterocycles. The molecule has 1 heterocycles. The normalized spacial score (nSPS) is 17.0. The van der Waals surface area contributed by atoms with Gasteiger partial charge in [0.25, 0.3) is 0 Å². The van der Waals surface area contributed by atoms with E-state index in [0.29, 0.717) is 6.61 Å². The first kappa shape index (κ1) is 12.4. The van der Waals surface area contributed by atoms with Crippen LogP contribution in [0.25, 0.3) is 0 Å². The number of ether oxygens (including phenoxy) is 1. The van der Waals surface area contributed by atoms with Gasteiger partial charge in [0.2, 0.25) is 0 Å². The monoisotopic (exact) mass is 234 g/mol. The van der Waals surface area contributed by atoms with Gasteiger partial charge < -0.3 is 10.1 Å². The van der Waals surface area contributed by atoms with Crippen LogP contribution in [-0.2, 0) is 11.3 Å². The lowest BCUT2D eigenvalue weighted by atomic mass is 9.90. The fourth-order valence-corrected chi connectivity index (χ4v) is 2.40. The summed E-state index contributed by atoms with van der Waals surface area (Å²) < 4.78 is 5.77. The second-order valence-electron chi connectivity index (χ2n) is 4.81. The highest BCUT2D eigenvalue weighted by molar-refractivity contribution is 5.42. The van der Waals surface area contributed by atoms with Gasteiger partial charge in [-0.05, 0) is 30.9 Å². The third-order valence-corrected chi connectivity index (χ3v) is 3.43. The smallest absolute Gasteiger partial charge is 0.0888 e. The van der Waals surface area contributed by atoms with E-state index in [1.165, 1.54) is 32.1 Å². The Labute approximate surface area is 104 Å². The average molecular weight is 234 g/mol. The number of pyridine rings is 1. The molecule has 94 valence electrons. The van der Waals surface area contributed by atoms with Gasteiger partial charge >= 0.3 is 0 Å². The Bertz CT molecular complexity index is 335. The lowest BCUT2D eigenvalue weighted by Crippen LogP contribution is -2.13. The highest BCUT2D eigenvalue weighted by Gasteiger charge is 2.13. The van der Waals surface area contributed by atoms with Gasteiger partial charge in [-0.1, -0.05) is 19.3 Å². The molecule has 0 atom stereocenters. The molecule has 0 aromatic carbocycles. The van der Waals surface area contributed by atoms with E-state index < -0.39 is 0 Å². The molecule has 1 saturated carbocycles. The van der Waals surface area contributed by atoms with Crippen molar-refractivity contribution in [3.8, 4) is 0 Å². The van der Waals surface area contributed by atoms with Crippen LogP contribution in [0.3, 0.4) is 0 Å². The predicted octanol–water partition coefficient (Wildman–Crippen LogP) is 3.22. The van der Waals surface area contributed by atoms with Crippen LogP contribution in [0.5, 0.6) is 0 Å². The van der Waals surface area contributed by atoms with E-state index in [0.717, 1.165) is 23.9 Å². The maximum atomic E-state index is 5.77. The Balaban J connectivity index is 1.73. The number of anilines is 1. The summed E-state index contributed by atoms with van der Waals surface area (Å²) in [5.41, 5.74) is 2.10. The molecule has 3 heteroatoms. The van der Waals surface area contributed by atoms with Gasteiger partial charge in [0.15, 0.2) is 0 Å². The quantitative estimate of drug-likeness (QED) is 0.849. The molecule has 0 amide bonds. The first-order chi connectivity index (χ1) is 8.38. The standard InChI is InChI=1S/C14H22N2O/c1-15-13-7-8-16-14(9-13)11-17-10-12-5-3-2-4-6-12/h7-9,12H,2-6,10-11H2,1H3,(H,15,16). The van der Waals surface area contributed by atoms with Crippen LogP contribution in [0.15, 0.2) is 18.3 Å². The molecule has 0 aliphatic heterocycles. The molecule has 17 heavy (non-hydrogen) atoms. The maximum Gasteiger partial charge on any atom is 0.0888 e. The van der Waals surface area contributed by atoms with E-state index in [1.54, 1.807) is 0 Å². The molecule has 0 saturated heterocycles. The summed E-state index contributed by atoms with van der Waals surface area (Å²) in [5.74, 6) is 0.774. The average Bonchev–Trinajstić information content (AvgIpc) is 2.40. The second kappa shape index (κ2) is 6.60. The molecule has 1 aliphatic carbocycles. The summed E-state index contributed by atoms with van der Waals surface area (Å²) in [7, 11) is 1.92. The summed E-state index contributed by atoms with van der Waals surface area (Å²) in [6.45, 7) is 1.53. The van der Waals surface area contributed by atoms with E-state index in [-0.39, 0.29) is 0 Å². The van der Waals surface area contributed by atoms with Crippen molar-refractivity contribution in [1.29, 1.82) is 0 Å². The van der Waals surface area contributed by atoms with Crippen LogP contribution in [0.1, 0.15) is 37.8 Å². The molecule has 1 aromatic rings. The highest BCUT2D eigenvalue weighted by atomic mass is 16.5. The van der Waals surface area contributed by atoms with E-state index in [1.807, 2.05) is 25.4 Å². The zero-order valence-electron chi connectivity index (χ0n) is 10.6. The first-order valence-corrected chi connectivity index (χ1v) is 6.59. The fraction of sp³-hybridized carbons (Fsp3) is 0.643. The van der Waals surface area contributed by atoms with Crippen LogP contribution >= 0.6 is 0 Å². The largest absolute Gasteiger partial charge is 0.388 e. The van der Waals surface area contributed by atoms with Crippen LogP contribution in [0.4, 0.5) is 5.69 Å². The van der Waals surface area contributed by atoms with Crippen molar-refractivity contribution in [2.24, 2.45) is 5.92 Å². The molecule has 1 fully saturated rings. The Hall–Kier alpha value is -1.09. The van der Waals surface area contributed by atoms with Gasteiger partial charge in [-0.2, -0.15) is 0 Å². The molecule has 2 rings (SSSR count). The fourth-order valence-electron chi connectivity index (χ4n) is 2.40.